The van der Waals surface area contributed by atoms with Crippen LogP contribution in [0.4, 0.5) is 5.69 Å². The molecule has 1 aromatic rings. The van der Waals surface area contributed by atoms with E-state index in [9.17, 15) is 4.79 Å². The highest BCUT2D eigenvalue weighted by Crippen LogP contribution is 2.24. The van der Waals surface area contributed by atoms with Crippen LogP contribution in [0.15, 0.2) is 18.2 Å². The van der Waals surface area contributed by atoms with E-state index in [0.29, 0.717) is 11.7 Å². The van der Waals surface area contributed by atoms with Gasteiger partial charge >= 0.3 is 5.97 Å². The van der Waals surface area contributed by atoms with Gasteiger partial charge in [0, 0.05) is 12.6 Å². The normalized spacial score (nSPS) is 11.1. The van der Waals surface area contributed by atoms with E-state index in [0.717, 1.165) is 19.5 Å². The number of carboxylic acid groups (broad SMARTS) is 1. The molecular weight excluding hydrogens is 264 g/mol. The first-order valence-electron chi connectivity index (χ1n) is 6.39. The van der Waals surface area contributed by atoms with E-state index in [1.54, 1.807) is 18.2 Å². The molecule has 0 spiro atoms. The highest BCUT2D eigenvalue weighted by Gasteiger charge is 2.13. The van der Waals surface area contributed by atoms with Gasteiger partial charge in [-0.15, -0.1) is 0 Å². The summed E-state index contributed by atoms with van der Waals surface area (Å²) < 4.78 is 0. The molecule has 0 unspecified atom stereocenters. The molecular formula is C14H21ClN2O2. The summed E-state index contributed by atoms with van der Waals surface area (Å²) in [6.45, 7) is 5.98. The van der Waals surface area contributed by atoms with Gasteiger partial charge in [-0.2, -0.15) is 0 Å². The molecule has 5 heteroatoms. The van der Waals surface area contributed by atoms with Crippen molar-refractivity contribution < 1.29 is 9.90 Å². The summed E-state index contributed by atoms with van der Waals surface area (Å²) in [4.78, 5) is 13.4. The molecule has 0 fully saturated rings. The van der Waals surface area contributed by atoms with Gasteiger partial charge in [0.1, 0.15) is 5.56 Å². The van der Waals surface area contributed by atoms with E-state index in [4.69, 9.17) is 16.7 Å². The van der Waals surface area contributed by atoms with Crippen LogP contribution in [-0.2, 0) is 0 Å². The standard InChI is InChI=1S/C14H21ClN2O2/c1-10(2)17(3)9-5-8-16-12-7-4-6-11(15)13(12)14(18)19/h4,6-7,10,16H,5,8-9H2,1-3H3,(H,18,19). The van der Waals surface area contributed by atoms with Crippen molar-refractivity contribution in [3.63, 3.8) is 0 Å². The number of halogens is 1. The average Bonchev–Trinajstić information content (AvgIpc) is 2.33. The predicted octanol–water partition coefficient (Wildman–Crippen LogP) is 3.18. The SMILES string of the molecule is CC(C)N(C)CCCNc1cccc(Cl)c1C(=O)O. The van der Waals surface area contributed by atoms with Crippen LogP contribution < -0.4 is 5.32 Å². The Morgan fingerprint density at radius 2 is 2.16 bits per heavy atom. The lowest BCUT2D eigenvalue weighted by atomic mass is 10.1. The number of rotatable bonds is 7. The number of anilines is 1. The molecule has 0 aromatic heterocycles. The van der Waals surface area contributed by atoms with E-state index in [2.05, 4.69) is 31.1 Å². The van der Waals surface area contributed by atoms with Crippen LogP contribution in [0.2, 0.25) is 5.02 Å². The van der Waals surface area contributed by atoms with Crippen molar-refractivity contribution in [2.24, 2.45) is 0 Å². The third-order valence-electron chi connectivity index (χ3n) is 3.11. The average molecular weight is 285 g/mol. The van der Waals surface area contributed by atoms with Crippen LogP contribution in [0, 0.1) is 0 Å². The molecule has 0 amide bonds. The highest BCUT2D eigenvalue weighted by molar-refractivity contribution is 6.34. The van der Waals surface area contributed by atoms with Gasteiger partial charge in [0.25, 0.3) is 0 Å². The molecule has 0 saturated carbocycles. The van der Waals surface area contributed by atoms with Crippen molar-refractivity contribution in [1.29, 1.82) is 0 Å². The van der Waals surface area contributed by atoms with Crippen molar-refractivity contribution >= 4 is 23.3 Å². The lowest BCUT2D eigenvalue weighted by Gasteiger charge is -2.21. The first-order valence-corrected chi connectivity index (χ1v) is 6.77. The Hall–Kier alpha value is -1.26. The number of hydrogen-bond acceptors (Lipinski definition) is 3. The Morgan fingerprint density at radius 1 is 1.47 bits per heavy atom. The molecule has 0 radical (unpaired) electrons. The maximum absolute atomic E-state index is 11.1. The van der Waals surface area contributed by atoms with Crippen molar-refractivity contribution in [2.75, 3.05) is 25.5 Å². The molecule has 2 N–H and O–H groups in total. The number of nitrogens with zero attached hydrogens (tertiary/aromatic N) is 1. The number of carbonyl (C=O) groups is 1. The Morgan fingerprint density at radius 3 is 2.74 bits per heavy atom. The monoisotopic (exact) mass is 284 g/mol. The summed E-state index contributed by atoms with van der Waals surface area (Å²) in [5.74, 6) is -1.01. The maximum atomic E-state index is 11.1. The summed E-state index contributed by atoms with van der Waals surface area (Å²) in [5, 5.41) is 12.5. The molecule has 0 aliphatic heterocycles. The lowest BCUT2D eigenvalue weighted by Crippen LogP contribution is -2.28. The van der Waals surface area contributed by atoms with Crippen LogP contribution in [-0.4, -0.2) is 42.2 Å². The van der Waals surface area contributed by atoms with E-state index < -0.39 is 5.97 Å². The van der Waals surface area contributed by atoms with Gasteiger partial charge in [-0.05, 0) is 46.0 Å². The Kier molecular flexibility index (Phi) is 6.12. The molecule has 0 atom stereocenters. The first kappa shape index (κ1) is 15.8. The van der Waals surface area contributed by atoms with Crippen molar-refractivity contribution in [3.05, 3.63) is 28.8 Å². The van der Waals surface area contributed by atoms with Crippen LogP contribution in [0.3, 0.4) is 0 Å². The number of aromatic carboxylic acids is 1. The third kappa shape index (κ3) is 4.73. The van der Waals surface area contributed by atoms with Crippen LogP contribution in [0.5, 0.6) is 0 Å². The first-order chi connectivity index (χ1) is 8.93. The molecule has 0 aliphatic rings. The number of hydrogen-bond donors (Lipinski definition) is 2. The molecule has 0 bridgehead atoms. The summed E-state index contributed by atoms with van der Waals surface area (Å²) in [5.41, 5.74) is 0.716. The molecule has 0 heterocycles. The Labute approximate surface area is 119 Å². The van der Waals surface area contributed by atoms with Gasteiger partial charge in [-0.1, -0.05) is 17.7 Å². The van der Waals surface area contributed by atoms with Crippen LogP contribution in [0.1, 0.15) is 30.6 Å². The smallest absolute Gasteiger partial charge is 0.339 e. The summed E-state index contributed by atoms with van der Waals surface area (Å²) >= 11 is 5.90. The summed E-state index contributed by atoms with van der Waals surface area (Å²) in [6, 6.07) is 5.59. The molecule has 19 heavy (non-hydrogen) atoms. The van der Waals surface area contributed by atoms with Gasteiger partial charge < -0.3 is 15.3 Å². The fraction of sp³-hybridized carbons (Fsp3) is 0.500. The van der Waals surface area contributed by atoms with E-state index >= 15 is 0 Å². The molecule has 1 aromatic carbocycles. The minimum atomic E-state index is -1.01. The number of benzene rings is 1. The van der Waals surface area contributed by atoms with Gasteiger partial charge in [0.15, 0.2) is 0 Å². The van der Waals surface area contributed by atoms with Crippen LogP contribution in [0.25, 0.3) is 0 Å². The zero-order chi connectivity index (χ0) is 14.4. The largest absolute Gasteiger partial charge is 0.478 e. The second kappa shape index (κ2) is 7.36. The van der Waals surface area contributed by atoms with Gasteiger partial charge in [-0.25, -0.2) is 4.79 Å². The fourth-order valence-electron chi connectivity index (χ4n) is 1.70. The third-order valence-corrected chi connectivity index (χ3v) is 3.43. The van der Waals surface area contributed by atoms with Crippen molar-refractivity contribution in [2.45, 2.75) is 26.3 Å². The van der Waals surface area contributed by atoms with Gasteiger partial charge in [0.05, 0.1) is 10.7 Å². The zero-order valence-corrected chi connectivity index (χ0v) is 12.4. The number of carboxylic acids is 1. The van der Waals surface area contributed by atoms with Crippen molar-refractivity contribution in [3.8, 4) is 0 Å². The molecule has 0 aliphatic carbocycles. The topological polar surface area (TPSA) is 52.6 Å². The lowest BCUT2D eigenvalue weighted by molar-refractivity contribution is 0.0698. The number of nitrogens with one attached hydrogen (secondary N) is 1. The second-order valence-electron chi connectivity index (χ2n) is 4.82. The maximum Gasteiger partial charge on any atom is 0.339 e. The minimum Gasteiger partial charge on any atom is -0.478 e. The van der Waals surface area contributed by atoms with Gasteiger partial charge in [0.2, 0.25) is 0 Å². The van der Waals surface area contributed by atoms with Crippen LogP contribution >= 0.6 is 11.6 Å². The highest BCUT2D eigenvalue weighted by atomic mass is 35.5. The van der Waals surface area contributed by atoms with Gasteiger partial charge in [-0.3, -0.25) is 0 Å². The van der Waals surface area contributed by atoms with E-state index in [1.165, 1.54) is 0 Å². The van der Waals surface area contributed by atoms with E-state index in [1.807, 2.05) is 0 Å². The Balaban J connectivity index is 2.54. The van der Waals surface area contributed by atoms with E-state index in [-0.39, 0.29) is 10.6 Å². The summed E-state index contributed by atoms with van der Waals surface area (Å²) in [7, 11) is 2.08. The van der Waals surface area contributed by atoms with Crippen molar-refractivity contribution in [1.82, 2.24) is 4.90 Å². The molecule has 4 nitrogen and oxygen atoms in total. The fourth-order valence-corrected chi connectivity index (χ4v) is 1.95. The predicted molar refractivity (Wildman–Crippen MR) is 79.3 cm³/mol. The molecule has 1 rings (SSSR count). The minimum absolute atomic E-state index is 0.140. The molecule has 106 valence electrons. The Bertz CT molecular complexity index is 435. The molecule has 0 saturated heterocycles. The quantitative estimate of drug-likeness (QED) is 0.755. The zero-order valence-electron chi connectivity index (χ0n) is 11.6. The summed E-state index contributed by atoms with van der Waals surface area (Å²) in [6.07, 6.45) is 0.945. The second-order valence-corrected chi connectivity index (χ2v) is 5.23.